The lowest BCUT2D eigenvalue weighted by atomic mass is 9.81. The Morgan fingerprint density at radius 3 is 2.48 bits per heavy atom. The minimum Gasteiger partial charge on any atom is -0.495 e. The number of benzene rings is 1. The Balaban J connectivity index is 0.00000312. The molecule has 1 unspecified atom stereocenters. The Kier molecular flexibility index (Phi) is 6.86. The number of sulfonamides is 1. The SMILES string of the molecule is COC(=O)c1ccc(OC)c(S(=O)(=O)N2CCC(N)C(C)(C)C2)c1.Cl. The predicted molar refractivity (Wildman–Crippen MR) is 96.7 cm³/mol. The van der Waals surface area contributed by atoms with Crippen molar-refractivity contribution < 1.29 is 22.7 Å². The molecule has 1 aromatic carbocycles. The van der Waals surface area contributed by atoms with Crippen molar-refractivity contribution in [1.82, 2.24) is 4.31 Å². The third-order valence-corrected chi connectivity index (χ3v) is 6.35. The number of hydrogen-bond donors (Lipinski definition) is 1. The zero-order chi connectivity index (χ0) is 18.1. The molecule has 1 saturated heterocycles. The number of hydrogen-bond acceptors (Lipinski definition) is 6. The van der Waals surface area contributed by atoms with Crippen LogP contribution in [0.3, 0.4) is 0 Å². The van der Waals surface area contributed by atoms with Gasteiger partial charge in [0, 0.05) is 19.1 Å². The number of esters is 1. The van der Waals surface area contributed by atoms with E-state index >= 15 is 0 Å². The van der Waals surface area contributed by atoms with Gasteiger partial charge in [-0.3, -0.25) is 0 Å². The first-order chi connectivity index (χ1) is 11.1. The highest BCUT2D eigenvalue weighted by Gasteiger charge is 2.39. The van der Waals surface area contributed by atoms with Crippen molar-refractivity contribution in [3.8, 4) is 5.75 Å². The van der Waals surface area contributed by atoms with Gasteiger partial charge in [-0.05, 0) is 30.0 Å². The molecule has 0 bridgehead atoms. The fourth-order valence-corrected chi connectivity index (χ4v) is 4.60. The second kappa shape index (κ2) is 7.90. The van der Waals surface area contributed by atoms with E-state index in [9.17, 15) is 13.2 Å². The van der Waals surface area contributed by atoms with E-state index in [0.29, 0.717) is 19.5 Å². The fraction of sp³-hybridized carbons (Fsp3) is 0.562. The third kappa shape index (κ3) is 4.25. The third-order valence-electron chi connectivity index (χ3n) is 4.48. The Hall–Kier alpha value is -1.35. The van der Waals surface area contributed by atoms with Crippen LogP contribution >= 0.6 is 12.4 Å². The van der Waals surface area contributed by atoms with Crippen LogP contribution in [0.2, 0.25) is 0 Å². The first-order valence-electron chi connectivity index (χ1n) is 7.65. The zero-order valence-corrected chi connectivity index (χ0v) is 16.4. The fourth-order valence-electron chi connectivity index (χ4n) is 2.79. The molecule has 0 radical (unpaired) electrons. The maximum absolute atomic E-state index is 13.1. The van der Waals surface area contributed by atoms with E-state index in [2.05, 4.69) is 4.74 Å². The smallest absolute Gasteiger partial charge is 0.337 e. The van der Waals surface area contributed by atoms with Crippen LogP contribution in [0.25, 0.3) is 0 Å². The van der Waals surface area contributed by atoms with E-state index < -0.39 is 16.0 Å². The van der Waals surface area contributed by atoms with E-state index in [-0.39, 0.29) is 40.1 Å². The average molecular weight is 393 g/mol. The maximum atomic E-state index is 13.1. The Labute approximate surface area is 154 Å². The van der Waals surface area contributed by atoms with Crippen LogP contribution in [0.15, 0.2) is 23.1 Å². The van der Waals surface area contributed by atoms with Gasteiger partial charge in [-0.15, -0.1) is 12.4 Å². The summed E-state index contributed by atoms with van der Waals surface area (Å²) in [6.07, 6.45) is 0.575. The normalized spacial score (nSPS) is 20.4. The van der Waals surface area contributed by atoms with Crippen LogP contribution in [0.4, 0.5) is 0 Å². The van der Waals surface area contributed by atoms with Gasteiger partial charge < -0.3 is 15.2 Å². The van der Waals surface area contributed by atoms with Crippen molar-refractivity contribution in [2.24, 2.45) is 11.1 Å². The van der Waals surface area contributed by atoms with Crippen LogP contribution in [-0.4, -0.2) is 52.0 Å². The van der Waals surface area contributed by atoms with E-state index in [1.807, 2.05) is 13.8 Å². The zero-order valence-electron chi connectivity index (χ0n) is 14.8. The second-order valence-corrected chi connectivity index (χ2v) is 8.49. The number of piperidine rings is 1. The van der Waals surface area contributed by atoms with Crippen molar-refractivity contribution in [3.63, 3.8) is 0 Å². The summed E-state index contributed by atoms with van der Waals surface area (Å²) >= 11 is 0. The Morgan fingerprint density at radius 2 is 1.96 bits per heavy atom. The molecule has 0 amide bonds. The summed E-state index contributed by atoms with van der Waals surface area (Å²) in [6, 6.07) is 4.16. The van der Waals surface area contributed by atoms with Gasteiger partial charge in [-0.2, -0.15) is 4.31 Å². The van der Waals surface area contributed by atoms with Gasteiger partial charge in [0.05, 0.1) is 19.8 Å². The highest BCUT2D eigenvalue weighted by molar-refractivity contribution is 7.89. The van der Waals surface area contributed by atoms with Gasteiger partial charge in [0.25, 0.3) is 0 Å². The van der Waals surface area contributed by atoms with E-state index in [0.717, 1.165) is 0 Å². The highest BCUT2D eigenvalue weighted by Crippen LogP contribution is 2.34. The molecule has 2 rings (SSSR count). The summed E-state index contributed by atoms with van der Waals surface area (Å²) in [5.41, 5.74) is 5.91. The van der Waals surface area contributed by atoms with Crippen molar-refractivity contribution >= 4 is 28.4 Å². The molecule has 142 valence electrons. The van der Waals surface area contributed by atoms with Gasteiger partial charge in [0.15, 0.2) is 0 Å². The molecule has 2 N–H and O–H groups in total. The summed E-state index contributed by atoms with van der Waals surface area (Å²) in [5, 5.41) is 0. The largest absolute Gasteiger partial charge is 0.495 e. The number of methoxy groups -OCH3 is 2. The Bertz CT molecular complexity index is 736. The quantitative estimate of drug-likeness (QED) is 0.782. The first-order valence-corrected chi connectivity index (χ1v) is 9.09. The topological polar surface area (TPSA) is 98.9 Å². The summed E-state index contributed by atoms with van der Waals surface area (Å²) in [7, 11) is -1.18. The van der Waals surface area contributed by atoms with Crippen molar-refractivity contribution in [1.29, 1.82) is 0 Å². The molecule has 25 heavy (non-hydrogen) atoms. The molecule has 0 spiro atoms. The monoisotopic (exact) mass is 392 g/mol. The Morgan fingerprint density at radius 1 is 1.32 bits per heavy atom. The summed E-state index contributed by atoms with van der Waals surface area (Å²) in [6.45, 7) is 4.53. The number of carbonyl (C=O) groups excluding carboxylic acids is 1. The summed E-state index contributed by atoms with van der Waals surface area (Å²) in [5.74, 6) is -0.412. The number of halogens is 1. The summed E-state index contributed by atoms with van der Waals surface area (Å²) < 4.78 is 37.4. The van der Waals surface area contributed by atoms with E-state index in [1.165, 1.54) is 36.7 Å². The second-order valence-electron chi connectivity index (χ2n) is 6.58. The lowest BCUT2D eigenvalue weighted by molar-refractivity contribution is 0.0600. The molecule has 1 fully saturated rings. The number of rotatable bonds is 4. The first kappa shape index (κ1) is 21.7. The van der Waals surface area contributed by atoms with Crippen molar-refractivity contribution in [2.45, 2.75) is 31.2 Å². The van der Waals surface area contributed by atoms with E-state index in [1.54, 1.807) is 0 Å². The van der Waals surface area contributed by atoms with Gasteiger partial charge in [0.2, 0.25) is 10.0 Å². The molecule has 0 aliphatic carbocycles. The van der Waals surface area contributed by atoms with Gasteiger partial charge in [-0.25, -0.2) is 13.2 Å². The molecule has 1 aliphatic rings. The molecule has 7 nitrogen and oxygen atoms in total. The minimum absolute atomic E-state index is 0. The number of nitrogens with two attached hydrogens (primary N) is 1. The van der Waals surface area contributed by atoms with Crippen molar-refractivity contribution in [2.75, 3.05) is 27.3 Å². The lowest BCUT2D eigenvalue weighted by Crippen LogP contribution is -2.53. The number of nitrogens with zero attached hydrogens (tertiary/aromatic N) is 1. The molecule has 9 heteroatoms. The van der Waals surface area contributed by atoms with Crippen LogP contribution in [-0.2, 0) is 14.8 Å². The van der Waals surface area contributed by atoms with Crippen LogP contribution in [0.5, 0.6) is 5.75 Å². The molecule has 1 aliphatic heterocycles. The molecule has 1 aromatic rings. The van der Waals surface area contributed by atoms with Gasteiger partial charge in [-0.1, -0.05) is 13.8 Å². The van der Waals surface area contributed by atoms with Crippen LogP contribution in [0.1, 0.15) is 30.6 Å². The molecular weight excluding hydrogens is 368 g/mol. The van der Waals surface area contributed by atoms with Gasteiger partial charge in [0.1, 0.15) is 10.6 Å². The molecule has 0 saturated carbocycles. The van der Waals surface area contributed by atoms with Crippen molar-refractivity contribution in [3.05, 3.63) is 23.8 Å². The molecular formula is C16H25ClN2O5S. The van der Waals surface area contributed by atoms with Gasteiger partial charge >= 0.3 is 5.97 Å². The van der Waals surface area contributed by atoms with E-state index in [4.69, 9.17) is 10.5 Å². The minimum atomic E-state index is -3.82. The molecule has 1 atom stereocenters. The molecule has 1 heterocycles. The average Bonchev–Trinajstić information content (AvgIpc) is 2.55. The predicted octanol–water partition coefficient (Wildman–Crippen LogP) is 1.65. The number of ether oxygens (including phenoxy) is 2. The lowest BCUT2D eigenvalue weighted by Gasteiger charge is -2.41. The van der Waals surface area contributed by atoms with Crippen LogP contribution < -0.4 is 10.5 Å². The number of carbonyl (C=O) groups is 1. The van der Waals surface area contributed by atoms with Crippen LogP contribution in [0, 0.1) is 5.41 Å². The summed E-state index contributed by atoms with van der Waals surface area (Å²) in [4.78, 5) is 11.7. The maximum Gasteiger partial charge on any atom is 0.337 e. The molecule has 0 aromatic heterocycles. The standard InChI is InChI=1S/C16H24N2O5S.ClH/c1-16(2)10-18(8-7-14(16)17)24(20,21)13-9-11(15(19)23-4)5-6-12(13)22-3;/h5-6,9,14H,7-8,10,17H2,1-4H3;1H. The highest BCUT2D eigenvalue weighted by atomic mass is 35.5.